The van der Waals surface area contributed by atoms with Gasteiger partial charge in [-0.25, -0.2) is 13.8 Å². The molecule has 0 fully saturated rings. The summed E-state index contributed by atoms with van der Waals surface area (Å²) in [7, 11) is 0. The molecule has 1 heterocycles. The number of hydrogen-bond acceptors (Lipinski definition) is 4. The zero-order chi connectivity index (χ0) is 10.7. The van der Waals surface area contributed by atoms with Crippen LogP contribution in [0.1, 0.15) is 28.2 Å². The number of aldehydes is 1. The molecule has 0 saturated carbocycles. The van der Waals surface area contributed by atoms with Gasteiger partial charge in [-0.15, -0.1) is 0 Å². The maximum Gasteiger partial charge on any atom is 0.284 e. The van der Waals surface area contributed by atoms with Crippen LogP contribution >= 0.6 is 0 Å². The highest BCUT2D eigenvalue weighted by molar-refractivity contribution is 5.76. The van der Waals surface area contributed by atoms with E-state index in [0.29, 0.717) is 0 Å². The third-order valence-corrected chi connectivity index (χ3v) is 1.50. The molecule has 0 atom stereocenters. The largest absolute Gasteiger partial charge is 0.506 e. The SMILES string of the molecule is N#Cc1cc(O)c(C(F)F)nc1C=O. The molecule has 0 spiro atoms. The molecule has 1 N–H and O–H groups in total. The summed E-state index contributed by atoms with van der Waals surface area (Å²) < 4.78 is 24.3. The number of carbonyl (C=O) groups excluding carboxylic acids is 1. The predicted octanol–water partition coefficient (Wildman–Crippen LogP) is 1.41. The van der Waals surface area contributed by atoms with E-state index in [9.17, 15) is 13.6 Å². The molecule has 0 bridgehead atoms. The maximum absolute atomic E-state index is 12.2. The van der Waals surface area contributed by atoms with Crippen molar-refractivity contribution >= 4 is 6.29 Å². The molecule has 0 radical (unpaired) electrons. The summed E-state index contributed by atoms with van der Waals surface area (Å²) in [6.45, 7) is 0. The highest BCUT2D eigenvalue weighted by Crippen LogP contribution is 2.27. The van der Waals surface area contributed by atoms with Gasteiger partial charge in [0.1, 0.15) is 23.2 Å². The van der Waals surface area contributed by atoms with Crippen LogP contribution in [-0.2, 0) is 0 Å². The van der Waals surface area contributed by atoms with Gasteiger partial charge in [-0.05, 0) is 0 Å². The summed E-state index contributed by atoms with van der Waals surface area (Å²) in [5.74, 6) is -0.790. The van der Waals surface area contributed by atoms with Crippen LogP contribution in [0.15, 0.2) is 6.07 Å². The topological polar surface area (TPSA) is 74.0 Å². The van der Waals surface area contributed by atoms with Crippen molar-refractivity contribution in [1.82, 2.24) is 4.98 Å². The second kappa shape index (κ2) is 3.79. The second-order valence-corrected chi connectivity index (χ2v) is 2.36. The fourth-order valence-electron chi connectivity index (χ4n) is 0.872. The number of alkyl halides is 2. The van der Waals surface area contributed by atoms with Crippen molar-refractivity contribution in [3.63, 3.8) is 0 Å². The van der Waals surface area contributed by atoms with Crippen molar-refractivity contribution < 1.29 is 18.7 Å². The van der Waals surface area contributed by atoms with Gasteiger partial charge >= 0.3 is 0 Å². The normalized spacial score (nSPS) is 9.86. The molecule has 0 aliphatic carbocycles. The average Bonchev–Trinajstić information content (AvgIpc) is 2.16. The number of aromatic nitrogens is 1. The van der Waals surface area contributed by atoms with Gasteiger partial charge in [0, 0.05) is 6.07 Å². The van der Waals surface area contributed by atoms with Crippen LogP contribution in [0.25, 0.3) is 0 Å². The molecule has 1 aromatic rings. The van der Waals surface area contributed by atoms with Crippen molar-refractivity contribution in [3.8, 4) is 11.8 Å². The van der Waals surface area contributed by atoms with E-state index in [1.165, 1.54) is 0 Å². The maximum atomic E-state index is 12.2. The Morgan fingerprint density at radius 1 is 1.64 bits per heavy atom. The fourth-order valence-corrected chi connectivity index (χ4v) is 0.872. The van der Waals surface area contributed by atoms with E-state index in [1.807, 2.05) is 0 Å². The van der Waals surface area contributed by atoms with E-state index in [1.54, 1.807) is 6.07 Å². The lowest BCUT2D eigenvalue weighted by atomic mass is 10.2. The first-order chi connectivity index (χ1) is 6.60. The summed E-state index contributed by atoms with van der Waals surface area (Å²) in [6.07, 6.45) is -2.80. The molecule has 0 aliphatic rings. The van der Waals surface area contributed by atoms with E-state index in [4.69, 9.17) is 10.4 Å². The number of rotatable bonds is 2. The second-order valence-electron chi connectivity index (χ2n) is 2.36. The molecule has 1 rings (SSSR count). The van der Waals surface area contributed by atoms with Crippen LogP contribution in [0, 0.1) is 11.3 Å². The molecule has 72 valence electrons. The van der Waals surface area contributed by atoms with Crippen LogP contribution in [0.5, 0.6) is 5.75 Å². The van der Waals surface area contributed by atoms with Gasteiger partial charge in [-0.1, -0.05) is 0 Å². The van der Waals surface area contributed by atoms with Gasteiger partial charge in [-0.2, -0.15) is 5.26 Å². The zero-order valence-electron chi connectivity index (χ0n) is 6.74. The minimum Gasteiger partial charge on any atom is -0.506 e. The van der Waals surface area contributed by atoms with Crippen molar-refractivity contribution in [2.75, 3.05) is 0 Å². The van der Waals surface area contributed by atoms with Gasteiger partial charge in [0.2, 0.25) is 0 Å². The third-order valence-electron chi connectivity index (χ3n) is 1.50. The molecule has 0 unspecified atom stereocenters. The predicted molar refractivity (Wildman–Crippen MR) is 41.0 cm³/mol. The molecule has 1 aromatic heterocycles. The van der Waals surface area contributed by atoms with Crippen molar-refractivity contribution in [1.29, 1.82) is 5.26 Å². The lowest BCUT2D eigenvalue weighted by Crippen LogP contribution is -1.99. The molecular formula is C8H4F2N2O2. The molecular weight excluding hydrogens is 194 g/mol. The van der Waals surface area contributed by atoms with E-state index in [0.717, 1.165) is 6.07 Å². The van der Waals surface area contributed by atoms with Gasteiger partial charge in [0.05, 0.1) is 5.56 Å². The smallest absolute Gasteiger partial charge is 0.284 e. The first-order valence-electron chi connectivity index (χ1n) is 3.47. The monoisotopic (exact) mass is 198 g/mol. The highest BCUT2D eigenvalue weighted by atomic mass is 19.3. The van der Waals surface area contributed by atoms with Crippen molar-refractivity contribution in [2.45, 2.75) is 6.43 Å². The average molecular weight is 198 g/mol. The van der Waals surface area contributed by atoms with Gasteiger partial charge in [0.25, 0.3) is 6.43 Å². The Balaban J connectivity index is 3.39. The van der Waals surface area contributed by atoms with Crippen LogP contribution < -0.4 is 0 Å². The Labute approximate surface area is 77.4 Å². The number of nitriles is 1. The number of carbonyl (C=O) groups is 1. The Bertz CT molecular complexity index is 413. The van der Waals surface area contributed by atoms with Crippen molar-refractivity contribution in [2.24, 2.45) is 0 Å². The lowest BCUT2D eigenvalue weighted by Gasteiger charge is -2.03. The number of hydrogen-bond donors (Lipinski definition) is 1. The summed E-state index contributed by atoms with van der Waals surface area (Å²) in [6, 6.07) is 2.34. The van der Waals surface area contributed by atoms with Crippen molar-refractivity contribution in [3.05, 3.63) is 23.0 Å². The molecule has 6 heteroatoms. The highest BCUT2D eigenvalue weighted by Gasteiger charge is 2.18. The first kappa shape index (κ1) is 10.1. The summed E-state index contributed by atoms with van der Waals surface area (Å²) in [4.78, 5) is 13.5. The van der Waals surface area contributed by atoms with E-state index in [2.05, 4.69) is 4.98 Å². The van der Waals surface area contributed by atoms with Crippen LogP contribution in [-0.4, -0.2) is 16.4 Å². The minimum atomic E-state index is -2.98. The quantitative estimate of drug-likeness (QED) is 0.729. The number of aromatic hydroxyl groups is 1. The summed E-state index contributed by atoms with van der Waals surface area (Å²) >= 11 is 0. The number of pyridine rings is 1. The Kier molecular flexibility index (Phi) is 2.72. The van der Waals surface area contributed by atoms with Crippen LogP contribution in [0.4, 0.5) is 8.78 Å². The summed E-state index contributed by atoms with van der Waals surface area (Å²) in [5.41, 5.74) is -1.53. The number of nitrogens with zero attached hydrogens (tertiary/aromatic N) is 2. The molecule has 0 aromatic carbocycles. The molecule has 14 heavy (non-hydrogen) atoms. The van der Waals surface area contributed by atoms with Crippen LogP contribution in [0.3, 0.4) is 0 Å². The third kappa shape index (κ3) is 1.66. The van der Waals surface area contributed by atoms with E-state index in [-0.39, 0.29) is 11.8 Å². The zero-order valence-corrected chi connectivity index (χ0v) is 6.74. The Morgan fingerprint density at radius 2 is 2.29 bits per heavy atom. The molecule has 0 saturated heterocycles. The first-order valence-corrected chi connectivity index (χ1v) is 3.47. The van der Waals surface area contributed by atoms with Gasteiger partial charge in [0.15, 0.2) is 6.29 Å². The lowest BCUT2D eigenvalue weighted by molar-refractivity contribution is 0.111. The molecule has 0 aliphatic heterocycles. The summed E-state index contributed by atoms with van der Waals surface area (Å²) in [5, 5.41) is 17.5. The Morgan fingerprint density at radius 3 is 2.71 bits per heavy atom. The Hall–Kier alpha value is -2.03. The number of halogens is 2. The van der Waals surface area contributed by atoms with E-state index >= 15 is 0 Å². The van der Waals surface area contributed by atoms with Crippen LogP contribution in [0.2, 0.25) is 0 Å². The molecule has 4 nitrogen and oxygen atoms in total. The standard InChI is InChI=1S/C8H4F2N2O2/c9-8(10)7-6(14)1-4(2-11)5(3-13)12-7/h1,3,8,14H. The van der Waals surface area contributed by atoms with E-state index < -0.39 is 23.6 Å². The van der Waals surface area contributed by atoms with Gasteiger partial charge < -0.3 is 5.11 Å². The minimum absolute atomic E-state index is 0.184. The van der Waals surface area contributed by atoms with Gasteiger partial charge in [-0.3, -0.25) is 4.79 Å². The molecule has 0 amide bonds. The fraction of sp³-hybridized carbons (Fsp3) is 0.125.